The summed E-state index contributed by atoms with van der Waals surface area (Å²) in [6.45, 7) is 2.94. The van der Waals surface area contributed by atoms with E-state index in [4.69, 9.17) is 5.11 Å². The molecule has 1 aliphatic rings. The lowest BCUT2D eigenvalue weighted by Gasteiger charge is -2.34. The number of β-amino-alcohol motifs (C(OH)–C–C–N with tert-alkyl or cyclic N) is 1. The summed E-state index contributed by atoms with van der Waals surface area (Å²) in [5, 5.41) is 21.3. The van der Waals surface area contributed by atoms with Crippen LogP contribution in [-0.2, 0) is 11.2 Å². The maximum atomic E-state index is 12.1. The molecule has 1 heterocycles. The number of nitrogens with zero attached hydrogens (tertiary/aromatic N) is 1. The lowest BCUT2D eigenvalue weighted by Crippen LogP contribution is -2.47. The summed E-state index contributed by atoms with van der Waals surface area (Å²) < 4.78 is 0. The second-order valence-electron chi connectivity index (χ2n) is 5.48. The number of urea groups is 1. The van der Waals surface area contributed by atoms with Gasteiger partial charge in [0.05, 0.1) is 12.5 Å². The molecule has 114 valence electrons. The number of piperidine rings is 1. The zero-order chi connectivity index (χ0) is 15.4. The van der Waals surface area contributed by atoms with Gasteiger partial charge in [-0.05, 0) is 30.0 Å². The Kier molecular flexibility index (Phi) is 4.80. The van der Waals surface area contributed by atoms with Crippen LogP contribution in [0.1, 0.15) is 18.9 Å². The number of aliphatic carboxylic acids is 1. The first-order valence-corrected chi connectivity index (χ1v) is 7.00. The van der Waals surface area contributed by atoms with Crippen molar-refractivity contribution in [3.8, 4) is 0 Å². The number of carboxylic acid groups (broad SMARTS) is 1. The van der Waals surface area contributed by atoms with Crippen LogP contribution in [0.25, 0.3) is 0 Å². The molecule has 0 spiro atoms. The zero-order valence-electron chi connectivity index (χ0n) is 12.0. The minimum absolute atomic E-state index is 0.0373. The van der Waals surface area contributed by atoms with Crippen molar-refractivity contribution in [3.05, 3.63) is 29.8 Å². The summed E-state index contributed by atoms with van der Waals surface area (Å²) in [7, 11) is 0. The van der Waals surface area contributed by atoms with Gasteiger partial charge in [-0.1, -0.05) is 19.1 Å². The second kappa shape index (κ2) is 6.58. The van der Waals surface area contributed by atoms with E-state index in [1.807, 2.05) is 6.92 Å². The number of carbonyl (C=O) groups excluding carboxylic acids is 1. The first-order valence-electron chi connectivity index (χ1n) is 7.00. The Bertz CT molecular complexity index is 515. The summed E-state index contributed by atoms with van der Waals surface area (Å²) in [5.41, 5.74) is 1.30. The van der Waals surface area contributed by atoms with Crippen LogP contribution in [0.15, 0.2) is 24.3 Å². The van der Waals surface area contributed by atoms with Crippen molar-refractivity contribution >= 4 is 17.7 Å². The smallest absolute Gasteiger partial charge is 0.321 e. The highest BCUT2D eigenvalue weighted by atomic mass is 16.4. The number of nitrogens with one attached hydrogen (secondary N) is 1. The van der Waals surface area contributed by atoms with Crippen LogP contribution in [0, 0.1) is 5.92 Å². The molecule has 2 unspecified atom stereocenters. The maximum Gasteiger partial charge on any atom is 0.321 e. The van der Waals surface area contributed by atoms with E-state index in [9.17, 15) is 14.7 Å². The number of rotatable bonds is 3. The van der Waals surface area contributed by atoms with E-state index in [0.29, 0.717) is 24.3 Å². The molecular weight excluding hydrogens is 272 g/mol. The predicted octanol–water partition coefficient (Wildman–Crippen LogP) is 1.55. The van der Waals surface area contributed by atoms with E-state index >= 15 is 0 Å². The Hall–Kier alpha value is -2.08. The number of likely N-dealkylation sites (tertiary alicyclic amines) is 1. The van der Waals surface area contributed by atoms with Crippen LogP contribution < -0.4 is 5.32 Å². The molecule has 1 aromatic carbocycles. The number of aliphatic hydroxyl groups excluding tert-OH is 1. The van der Waals surface area contributed by atoms with Crippen molar-refractivity contribution in [1.82, 2.24) is 4.90 Å². The Morgan fingerprint density at radius 2 is 2.00 bits per heavy atom. The SMILES string of the molecule is CC1CCN(C(=O)Nc2ccc(CC(=O)O)cc2)CC1O. The third-order valence-corrected chi connectivity index (χ3v) is 3.77. The third-order valence-electron chi connectivity index (χ3n) is 3.77. The fraction of sp³-hybridized carbons (Fsp3) is 0.467. The molecule has 1 aromatic rings. The topological polar surface area (TPSA) is 89.9 Å². The van der Waals surface area contributed by atoms with Gasteiger partial charge in [-0.3, -0.25) is 4.79 Å². The third kappa shape index (κ3) is 4.19. The van der Waals surface area contributed by atoms with Gasteiger partial charge in [-0.15, -0.1) is 0 Å². The van der Waals surface area contributed by atoms with Crippen molar-refractivity contribution < 1.29 is 19.8 Å². The number of carbonyl (C=O) groups is 2. The van der Waals surface area contributed by atoms with Gasteiger partial charge in [0, 0.05) is 18.8 Å². The summed E-state index contributed by atoms with van der Waals surface area (Å²) >= 11 is 0. The van der Waals surface area contributed by atoms with E-state index in [1.165, 1.54) is 0 Å². The second-order valence-corrected chi connectivity index (χ2v) is 5.48. The van der Waals surface area contributed by atoms with Crippen LogP contribution in [0.2, 0.25) is 0 Å². The highest BCUT2D eigenvalue weighted by Gasteiger charge is 2.27. The molecule has 6 heteroatoms. The number of carboxylic acids is 1. The van der Waals surface area contributed by atoms with E-state index in [1.54, 1.807) is 29.2 Å². The summed E-state index contributed by atoms with van der Waals surface area (Å²) in [4.78, 5) is 24.3. The number of benzene rings is 1. The number of hydrogen-bond donors (Lipinski definition) is 3. The zero-order valence-corrected chi connectivity index (χ0v) is 12.0. The molecule has 21 heavy (non-hydrogen) atoms. The Balaban J connectivity index is 1.92. The normalized spacial score (nSPS) is 21.9. The largest absolute Gasteiger partial charge is 0.481 e. The molecule has 2 atom stereocenters. The van der Waals surface area contributed by atoms with Crippen molar-refractivity contribution in [2.24, 2.45) is 5.92 Å². The summed E-state index contributed by atoms with van der Waals surface area (Å²) in [5.74, 6) is -0.674. The highest BCUT2D eigenvalue weighted by Crippen LogP contribution is 2.18. The maximum absolute atomic E-state index is 12.1. The quantitative estimate of drug-likeness (QED) is 0.788. The molecular formula is C15H20N2O4. The highest BCUT2D eigenvalue weighted by molar-refractivity contribution is 5.89. The van der Waals surface area contributed by atoms with Gasteiger partial charge in [-0.25, -0.2) is 4.79 Å². The minimum atomic E-state index is -0.886. The predicted molar refractivity (Wildman–Crippen MR) is 78.2 cm³/mol. The van der Waals surface area contributed by atoms with E-state index in [2.05, 4.69) is 5.32 Å². The van der Waals surface area contributed by atoms with Crippen LogP contribution in [0.3, 0.4) is 0 Å². The van der Waals surface area contributed by atoms with Crippen LogP contribution in [0.4, 0.5) is 10.5 Å². The molecule has 0 bridgehead atoms. The standard InChI is InChI=1S/C15H20N2O4/c1-10-6-7-17(9-13(10)18)15(21)16-12-4-2-11(3-5-12)8-14(19)20/h2-5,10,13,18H,6-9H2,1H3,(H,16,21)(H,19,20). The molecule has 2 rings (SSSR count). The van der Waals surface area contributed by atoms with Crippen molar-refractivity contribution in [1.29, 1.82) is 0 Å². The van der Waals surface area contributed by atoms with Crippen LogP contribution in [0.5, 0.6) is 0 Å². The van der Waals surface area contributed by atoms with E-state index in [-0.39, 0.29) is 18.4 Å². The van der Waals surface area contributed by atoms with E-state index in [0.717, 1.165) is 6.42 Å². The van der Waals surface area contributed by atoms with Gasteiger partial charge in [0.15, 0.2) is 0 Å². The average molecular weight is 292 g/mol. The minimum Gasteiger partial charge on any atom is -0.481 e. The molecule has 2 amide bonds. The van der Waals surface area contributed by atoms with Gasteiger partial charge in [0.2, 0.25) is 0 Å². The number of aliphatic hydroxyl groups is 1. The summed E-state index contributed by atoms with van der Waals surface area (Å²) in [6.07, 6.45) is 0.263. The monoisotopic (exact) mass is 292 g/mol. The molecule has 3 N–H and O–H groups in total. The van der Waals surface area contributed by atoms with Crippen molar-refractivity contribution in [3.63, 3.8) is 0 Å². The molecule has 1 aliphatic heterocycles. The number of anilines is 1. The molecule has 1 saturated heterocycles. The Morgan fingerprint density at radius 1 is 1.33 bits per heavy atom. The molecule has 0 saturated carbocycles. The van der Waals surface area contributed by atoms with Gasteiger partial charge in [0.1, 0.15) is 0 Å². The lowest BCUT2D eigenvalue weighted by atomic mass is 9.96. The van der Waals surface area contributed by atoms with Gasteiger partial charge in [-0.2, -0.15) is 0 Å². The van der Waals surface area contributed by atoms with Crippen LogP contribution >= 0.6 is 0 Å². The van der Waals surface area contributed by atoms with E-state index < -0.39 is 12.1 Å². The fourth-order valence-corrected chi connectivity index (χ4v) is 2.32. The first-order chi connectivity index (χ1) is 9.95. The first kappa shape index (κ1) is 15.3. The molecule has 0 aromatic heterocycles. The van der Waals surface area contributed by atoms with Crippen molar-refractivity contribution in [2.75, 3.05) is 18.4 Å². The lowest BCUT2D eigenvalue weighted by molar-refractivity contribution is -0.136. The fourth-order valence-electron chi connectivity index (χ4n) is 2.32. The van der Waals surface area contributed by atoms with Crippen molar-refractivity contribution in [2.45, 2.75) is 25.9 Å². The van der Waals surface area contributed by atoms with Gasteiger partial charge in [0.25, 0.3) is 0 Å². The molecule has 1 fully saturated rings. The number of hydrogen-bond acceptors (Lipinski definition) is 3. The number of amides is 2. The average Bonchev–Trinajstić information content (AvgIpc) is 2.43. The van der Waals surface area contributed by atoms with Gasteiger partial charge >= 0.3 is 12.0 Å². The molecule has 6 nitrogen and oxygen atoms in total. The Morgan fingerprint density at radius 3 is 2.57 bits per heavy atom. The van der Waals surface area contributed by atoms with Gasteiger partial charge < -0.3 is 20.4 Å². The van der Waals surface area contributed by atoms with Crippen LogP contribution in [-0.4, -0.2) is 46.3 Å². The Labute approximate surface area is 123 Å². The summed E-state index contributed by atoms with van der Waals surface area (Å²) in [6, 6.07) is 6.47. The molecule has 0 radical (unpaired) electrons. The molecule has 0 aliphatic carbocycles.